The minimum atomic E-state index is -4.08. The number of benzene rings is 1. The van der Waals surface area contributed by atoms with Gasteiger partial charge in [-0.3, -0.25) is 4.55 Å². The van der Waals surface area contributed by atoms with Gasteiger partial charge in [-0.05, 0) is 17.7 Å². The first-order chi connectivity index (χ1) is 6.54. The molecule has 3 nitrogen and oxygen atoms in total. The SMILES string of the molecule is C=CC=Cc1ccc(S(=O)(=O)O)cc1. The molecule has 0 aliphatic carbocycles. The summed E-state index contributed by atoms with van der Waals surface area (Å²) in [5.41, 5.74) is 0.845. The van der Waals surface area contributed by atoms with Crippen LogP contribution in [0.25, 0.3) is 6.08 Å². The smallest absolute Gasteiger partial charge is 0.282 e. The molecule has 0 amide bonds. The second-order valence-electron chi connectivity index (χ2n) is 2.64. The van der Waals surface area contributed by atoms with Crippen LogP contribution in [0.3, 0.4) is 0 Å². The highest BCUT2D eigenvalue weighted by Crippen LogP contribution is 2.10. The fourth-order valence-corrected chi connectivity index (χ4v) is 1.41. The van der Waals surface area contributed by atoms with Crippen LogP contribution in [0.5, 0.6) is 0 Å². The largest absolute Gasteiger partial charge is 0.294 e. The van der Waals surface area contributed by atoms with Gasteiger partial charge in [0.15, 0.2) is 0 Å². The molecule has 74 valence electrons. The van der Waals surface area contributed by atoms with E-state index in [1.54, 1.807) is 30.4 Å². The zero-order valence-electron chi connectivity index (χ0n) is 7.42. The highest BCUT2D eigenvalue weighted by molar-refractivity contribution is 7.85. The Morgan fingerprint density at radius 2 is 1.79 bits per heavy atom. The second kappa shape index (κ2) is 4.21. The first-order valence-corrected chi connectivity index (χ1v) is 5.35. The summed E-state index contributed by atoms with van der Waals surface area (Å²) in [4.78, 5) is -0.103. The van der Waals surface area contributed by atoms with Crippen molar-refractivity contribution >= 4 is 16.2 Å². The Bertz CT molecular complexity index is 441. The molecule has 0 heterocycles. The first-order valence-electron chi connectivity index (χ1n) is 3.90. The fourth-order valence-electron chi connectivity index (χ4n) is 0.930. The molecule has 1 aromatic rings. The predicted molar refractivity (Wildman–Crippen MR) is 55.5 cm³/mol. The Balaban J connectivity index is 3.01. The van der Waals surface area contributed by atoms with E-state index in [4.69, 9.17) is 4.55 Å². The zero-order valence-corrected chi connectivity index (χ0v) is 8.24. The van der Waals surface area contributed by atoms with Crippen LogP contribution in [0.1, 0.15) is 5.56 Å². The standard InChI is InChI=1S/C10H10O3S/c1-2-3-4-9-5-7-10(8-6-9)14(11,12)13/h2-8H,1H2,(H,11,12,13). The topological polar surface area (TPSA) is 54.4 Å². The molecule has 0 radical (unpaired) electrons. The zero-order chi connectivity index (χ0) is 10.6. The maximum Gasteiger partial charge on any atom is 0.294 e. The van der Waals surface area contributed by atoms with Gasteiger partial charge in [0.2, 0.25) is 0 Å². The van der Waals surface area contributed by atoms with Gasteiger partial charge in [0.05, 0.1) is 4.90 Å². The third-order valence-electron chi connectivity index (χ3n) is 1.60. The molecular weight excluding hydrogens is 200 g/mol. The van der Waals surface area contributed by atoms with Gasteiger partial charge in [-0.15, -0.1) is 0 Å². The maximum atomic E-state index is 10.7. The van der Waals surface area contributed by atoms with Crippen molar-refractivity contribution in [2.24, 2.45) is 0 Å². The molecule has 0 unspecified atom stereocenters. The Morgan fingerprint density at radius 1 is 1.21 bits per heavy atom. The van der Waals surface area contributed by atoms with Crippen LogP contribution in [0, 0.1) is 0 Å². The van der Waals surface area contributed by atoms with E-state index in [-0.39, 0.29) is 4.90 Å². The average molecular weight is 210 g/mol. The highest BCUT2D eigenvalue weighted by Gasteiger charge is 2.07. The summed E-state index contributed by atoms with van der Waals surface area (Å²) in [6.45, 7) is 3.51. The van der Waals surface area contributed by atoms with Gasteiger partial charge in [-0.25, -0.2) is 0 Å². The molecule has 0 bridgehead atoms. The monoisotopic (exact) mass is 210 g/mol. The molecule has 0 saturated carbocycles. The van der Waals surface area contributed by atoms with Crippen LogP contribution in [0.2, 0.25) is 0 Å². The van der Waals surface area contributed by atoms with Crippen LogP contribution in [0.15, 0.2) is 47.9 Å². The van der Waals surface area contributed by atoms with Gasteiger partial charge in [0.25, 0.3) is 10.1 Å². The van der Waals surface area contributed by atoms with Crippen LogP contribution < -0.4 is 0 Å². The molecule has 1 rings (SSSR count). The van der Waals surface area contributed by atoms with Gasteiger partial charge < -0.3 is 0 Å². The average Bonchev–Trinajstić information content (AvgIpc) is 2.14. The van der Waals surface area contributed by atoms with E-state index < -0.39 is 10.1 Å². The quantitative estimate of drug-likeness (QED) is 0.614. The van der Waals surface area contributed by atoms with Gasteiger partial charge >= 0.3 is 0 Å². The van der Waals surface area contributed by atoms with Gasteiger partial charge in [-0.1, -0.05) is 36.9 Å². The van der Waals surface area contributed by atoms with Crippen molar-refractivity contribution in [2.75, 3.05) is 0 Å². The molecule has 0 atom stereocenters. The van der Waals surface area contributed by atoms with Crippen LogP contribution in [-0.2, 0) is 10.1 Å². The Hall–Kier alpha value is -1.39. The molecule has 0 saturated heterocycles. The van der Waals surface area contributed by atoms with Crippen LogP contribution >= 0.6 is 0 Å². The lowest BCUT2D eigenvalue weighted by Crippen LogP contribution is -1.96. The van der Waals surface area contributed by atoms with Crippen molar-refractivity contribution < 1.29 is 13.0 Å². The molecule has 0 aliphatic heterocycles. The molecule has 4 heteroatoms. The molecule has 0 spiro atoms. The fraction of sp³-hybridized carbons (Fsp3) is 0. The summed E-state index contributed by atoms with van der Waals surface area (Å²) < 4.78 is 30.1. The van der Waals surface area contributed by atoms with Crippen LogP contribution in [0.4, 0.5) is 0 Å². The lowest BCUT2D eigenvalue weighted by molar-refractivity contribution is 0.483. The lowest BCUT2D eigenvalue weighted by Gasteiger charge is -1.96. The molecule has 1 N–H and O–H groups in total. The van der Waals surface area contributed by atoms with E-state index >= 15 is 0 Å². The van der Waals surface area contributed by atoms with Gasteiger partial charge in [-0.2, -0.15) is 8.42 Å². The van der Waals surface area contributed by atoms with Crippen LogP contribution in [-0.4, -0.2) is 13.0 Å². The van der Waals surface area contributed by atoms with E-state index in [0.717, 1.165) is 5.56 Å². The molecule has 0 fully saturated rings. The summed E-state index contributed by atoms with van der Waals surface area (Å²) in [7, 11) is -4.08. The first kappa shape index (κ1) is 10.7. The summed E-state index contributed by atoms with van der Waals surface area (Å²) >= 11 is 0. The number of rotatable bonds is 3. The number of allylic oxidation sites excluding steroid dienone is 2. The minimum Gasteiger partial charge on any atom is -0.282 e. The summed E-state index contributed by atoms with van der Waals surface area (Å²) in [5, 5.41) is 0. The summed E-state index contributed by atoms with van der Waals surface area (Å²) in [6, 6.07) is 5.89. The van der Waals surface area contributed by atoms with Gasteiger partial charge in [0.1, 0.15) is 0 Å². The lowest BCUT2D eigenvalue weighted by atomic mass is 10.2. The van der Waals surface area contributed by atoms with E-state index in [0.29, 0.717) is 0 Å². The van der Waals surface area contributed by atoms with E-state index in [1.165, 1.54) is 12.1 Å². The van der Waals surface area contributed by atoms with E-state index in [1.807, 2.05) is 0 Å². The molecule has 0 aromatic heterocycles. The normalized spacial score (nSPS) is 11.8. The van der Waals surface area contributed by atoms with E-state index in [9.17, 15) is 8.42 Å². The van der Waals surface area contributed by atoms with Crippen molar-refractivity contribution in [1.82, 2.24) is 0 Å². The minimum absolute atomic E-state index is 0.103. The van der Waals surface area contributed by atoms with E-state index in [2.05, 4.69) is 6.58 Å². The second-order valence-corrected chi connectivity index (χ2v) is 4.06. The maximum absolute atomic E-state index is 10.7. The van der Waals surface area contributed by atoms with Crippen molar-refractivity contribution in [3.8, 4) is 0 Å². The number of hydrogen-bond donors (Lipinski definition) is 1. The Morgan fingerprint density at radius 3 is 2.21 bits per heavy atom. The molecule has 14 heavy (non-hydrogen) atoms. The third kappa shape index (κ3) is 2.83. The summed E-state index contributed by atoms with van der Waals surface area (Å²) in [5.74, 6) is 0. The third-order valence-corrected chi connectivity index (χ3v) is 2.47. The van der Waals surface area contributed by atoms with Crippen molar-refractivity contribution in [2.45, 2.75) is 4.90 Å². The van der Waals surface area contributed by atoms with Gasteiger partial charge in [0, 0.05) is 0 Å². The predicted octanol–water partition coefficient (Wildman–Crippen LogP) is 2.13. The van der Waals surface area contributed by atoms with Crippen molar-refractivity contribution in [1.29, 1.82) is 0 Å². The molecular formula is C10H10O3S. The highest BCUT2D eigenvalue weighted by atomic mass is 32.2. The van der Waals surface area contributed by atoms with Crippen molar-refractivity contribution in [3.05, 3.63) is 48.6 Å². The molecule has 1 aromatic carbocycles. The summed E-state index contributed by atoms with van der Waals surface area (Å²) in [6.07, 6.45) is 5.14. The Labute approximate surface area is 83.1 Å². The molecule has 0 aliphatic rings. The number of hydrogen-bond acceptors (Lipinski definition) is 2. The van der Waals surface area contributed by atoms with Crippen molar-refractivity contribution in [3.63, 3.8) is 0 Å². The Kier molecular flexibility index (Phi) is 3.22.